The minimum absolute atomic E-state index is 0.0713. The molecule has 1 aliphatic carbocycles. The maximum absolute atomic E-state index is 14.6. The van der Waals surface area contributed by atoms with Crippen molar-refractivity contribution in [1.29, 1.82) is 0 Å². The number of benzene rings is 1. The first-order valence-corrected chi connectivity index (χ1v) is 8.38. The summed E-state index contributed by atoms with van der Waals surface area (Å²) >= 11 is 0. The fourth-order valence-corrected chi connectivity index (χ4v) is 3.32. The van der Waals surface area contributed by atoms with Gasteiger partial charge in [-0.15, -0.1) is 0 Å². The van der Waals surface area contributed by atoms with Gasteiger partial charge >= 0.3 is 0 Å². The van der Waals surface area contributed by atoms with Crippen molar-refractivity contribution in [2.75, 3.05) is 18.0 Å². The summed E-state index contributed by atoms with van der Waals surface area (Å²) in [7, 11) is 0. The molecule has 0 bridgehead atoms. The Morgan fingerprint density at radius 1 is 1.29 bits per heavy atom. The SMILES string of the molecule is CCNCc1cccc(F)c1N(CC(C)C)C1CCCC1. The summed E-state index contributed by atoms with van der Waals surface area (Å²) in [6.45, 7) is 9.10. The number of nitrogens with zero attached hydrogens (tertiary/aromatic N) is 1. The quantitative estimate of drug-likeness (QED) is 0.804. The average molecular weight is 292 g/mol. The van der Waals surface area contributed by atoms with E-state index in [1.54, 1.807) is 6.07 Å². The number of hydrogen-bond donors (Lipinski definition) is 1. The molecular formula is C18H29FN2. The second-order valence-electron chi connectivity index (χ2n) is 6.51. The Hall–Kier alpha value is -1.09. The van der Waals surface area contributed by atoms with Gasteiger partial charge in [-0.25, -0.2) is 4.39 Å². The molecule has 0 aliphatic heterocycles. The molecule has 1 aliphatic rings. The van der Waals surface area contributed by atoms with Gasteiger partial charge in [-0.05, 0) is 36.9 Å². The highest BCUT2D eigenvalue weighted by Gasteiger charge is 2.27. The molecule has 3 heteroatoms. The largest absolute Gasteiger partial charge is 0.366 e. The molecule has 21 heavy (non-hydrogen) atoms. The molecule has 0 saturated heterocycles. The van der Waals surface area contributed by atoms with E-state index in [0.29, 0.717) is 12.0 Å². The first-order chi connectivity index (χ1) is 10.1. The fourth-order valence-electron chi connectivity index (χ4n) is 3.32. The Morgan fingerprint density at radius 3 is 2.62 bits per heavy atom. The van der Waals surface area contributed by atoms with E-state index in [-0.39, 0.29) is 5.82 Å². The van der Waals surface area contributed by atoms with Crippen LogP contribution in [0.15, 0.2) is 18.2 Å². The second-order valence-corrected chi connectivity index (χ2v) is 6.51. The van der Waals surface area contributed by atoms with Gasteiger partial charge in [0.15, 0.2) is 0 Å². The van der Waals surface area contributed by atoms with Crippen molar-refractivity contribution < 1.29 is 4.39 Å². The third kappa shape index (κ3) is 4.19. The predicted octanol–water partition coefficient (Wildman–Crippen LogP) is 4.34. The highest BCUT2D eigenvalue weighted by Crippen LogP contribution is 2.33. The molecule has 0 spiro atoms. The summed E-state index contributed by atoms with van der Waals surface area (Å²) in [5.41, 5.74) is 1.92. The van der Waals surface area contributed by atoms with Crippen LogP contribution >= 0.6 is 0 Å². The summed E-state index contributed by atoms with van der Waals surface area (Å²) in [4.78, 5) is 2.35. The molecule has 0 atom stereocenters. The summed E-state index contributed by atoms with van der Waals surface area (Å²) in [6.07, 6.45) is 4.94. The van der Waals surface area contributed by atoms with Gasteiger partial charge in [0.25, 0.3) is 0 Å². The monoisotopic (exact) mass is 292 g/mol. The normalized spacial score (nSPS) is 15.9. The highest BCUT2D eigenvalue weighted by atomic mass is 19.1. The molecule has 1 aromatic rings. The van der Waals surface area contributed by atoms with Crippen LogP contribution in [0.2, 0.25) is 0 Å². The number of rotatable bonds is 7. The summed E-state index contributed by atoms with van der Waals surface area (Å²) in [5, 5.41) is 3.34. The van der Waals surface area contributed by atoms with E-state index < -0.39 is 0 Å². The van der Waals surface area contributed by atoms with Crippen molar-refractivity contribution in [3.63, 3.8) is 0 Å². The molecule has 2 rings (SSSR count). The molecule has 0 unspecified atom stereocenters. The zero-order valence-electron chi connectivity index (χ0n) is 13.7. The third-order valence-electron chi connectivity index (χ3n) is 4.25. The fraction of sp³-hybridized carbons (Fsp3) is 0.667. The van der Waals surface area contributed by atoms with Crippen molar-refractivity contribution in [1.82, 2.24) is 5.32 Å². The van der Waals surface area contributed by atoms with Crippen molar-refractivity contribution in [2.24, 2.45) is 5.92 Å². The molecule has 1 N–H and O–H groups in total. The van der Waals surface area contributed by atoms with E-state index in [4.69, 9.17) is 0 Å². The van der Waals surface area contributed by atoms with Crippen LogP contribution in [0.1, 0.15) is 52.0 Å². The number of anilines is 1. The zero-order chi connectivity index (χ0) is 15.2. The van der Waals surface area contributed by atoms with E-state index in [1.807, 2.05) is 6.07 Å². The van der Waals surface area contributed by atoms with Gasteiger partial charge in [-0.1, -0.05) is 45.7 Å². The summed E-state index contributed by atoms with van der Waals surface area (Å²) in [5.74, 6) is 0.468. The summed E-state index contributed by atoms with van der Waals surface area (Å²) in [6, 6.07) is 5.99. The topological polar surface area (TPSA) is 15.3 Å². The van der Waals surface area contributed by atoms with Crippen molar-refractivity contribution in [3.05, 3.63) is 29.6 Å². The van der Waals surface area contributed by atoms with Gasteiger partial charge < -0.3 is 10.2 Å². The lowest BCUT2D eigenvalue weighted by atomic mass is 10.1. The van der Waals surface area contributed by atoms with Crippen LogP contribution in [-0.2, 0) is 6.54 Å². The van der Waals surface area contributed by atoms with Crippen molar-refractivity contribution in [3.8, 4) is 0 Å². The van der Waals surface area contributed by atoms with Gasteiger partial charge in [0.1, 0.15) is 5.82 Å². The Bertz CT molecular complexity index is 439. The van der Waals surface area contributed by atoms with Crippen LogP contribution in [-0.4, -0.2) is 19.1 Å². The lowest BCUT2D eigenvalue weighted by molar-refractivity contribution is 0.517. The average Bonchev–Trinajstić information content (AvgIpc) is 2.97. The van der Waals surface area contributed by atoms with E-state index in [1.165, 1.54) is 25.7 Å². The molecule has 0 amide bonds. The van der Waals surface area contributed by atoms with Gasteiger partial charge in [-0.2, -0.15) is 0 Å². The molecule has 0 radical (unpaired) electrons. The Balaban J connectivity index is 2.32. The predicted molar refractivity (Wildman–Crippen MR) is 88.2 cm³/mol. The Labute approximate surface area is 128 Å². The van der Waals surface area contributed by atoms with Crippen molar-refractivity contribution in [2.45, 2.75) is 59.0 Å². The molecule has 1 saturated carbocycles. The maximum Gasteiger partial charge on any atom is 0.146 e. The van der Waals surface area contributed by atoms with E-state index >= 15 is 0 Å². The van der Waals surface area contributed by atoms with Gasteiger partial charge in [0.05, 0.1) is 5.69 Å². The van der Waals surface area contributed by atoms with E-state index in [0.717, 1.165) is 30.9 Å². The Kier molecular flexibility index (Phi) is 6.04. The lowest BCUT2D eigenvalue weighted by Gasteiger charge is -2.34. The van der Waals surface area contributed by atoms with Crippen LogP contribution in [0.4, 0.5) is 10.1 Å². The maximum atomic E-state index is 14.6. The molecule has 1 fully saturated rings. The first kappa shape index (κ1) is 16.3. The van der Waals surface area contributed by atoms with Crippen molar-refractivity contribution >= 4 is 5.69 Å². The minimum atomic E-state index is -0.0713. The Morgan fingerprint density at radius 2 is 2.00 bits per heavy atom. The van der Waals surface area contributed by atoms with Crippen LogP contribution in [0.5, 0.6) is 0 Å². The zero-order valence-corrected chi connectivity index (χ0v) is 13.7. The molecule has 118 valence electrons. The minimum Gasteiger partial charge on any atom is -0.366 e. The number of halogens is 1. The second kappa shape index (κ2) is 7.79. The smallest absolute Gasteiger partial charge is 0.146 e. The standard InChI is InChI=1S/C18H29FN2/c1-4-20-12-15-8-7-11-17(19)18(15)21(13-14(2)3)16-9-5-6-10-16/h7-8,11,14,16,20H,4-6,9-10,12-13H2,1-3H3. The summed E-state index contributed by atoms with van der Waals surface area (Å²) < 4.78 is 14.6. The molecule has 1 aromatic carbocycles. The lowest BCUT2D eigenvalue weighted by Crippen LogP contribution is -2.38. The van der Waals surface area contributed by atoms with Gasteiger partial charge in [0.2, 0.25) is 0 Å². The molecule has 0 heterocycles. The molecular weight excluding hydrogens is 263 g/mol. The van der Waals surface area contributed by atoms with Crippen LogP contribution in [0, 0.1) is 11.7 Å². The number of nitrogens with one attached hydrogen (secondary N) is 1. The third-order valence-corrected chi connectivity index (χ3v) is 4.25. The number of hydrogen-bond acceptors (Lipinski definition) is 2. The van der Waals surface area contributed by atoms with Gasteiger partial charge in [-0.3, -0.25) is 0 Å². The highest BCUT2D eigenvalue weighted by molar-refractivity contribution is 5.56. The van der Waals surface area contributed by atoms with Crippen LogP contribution in [0.25, 0.3) is 0 Å². The van der Waals surface area contributed by atoms with Crippen LogP contribution < -0.4 is 10.2 Å². The van der Waals surface area contributed by atoms with Gasteiger partial charge in [0, 0.05) is 19.1 Å². The van der Waals surface area contributed by atoms with Crippen LogP contribution in [0.3, 0.4) is 0 Å². The molecule has 2 nitrogen and oxygen atoms in total. The number of para-hydroxylation sites is 1. The van der Waals surface area contributed by atoms with E-state index in [2.05, 4.69) is 37.1 Å². The van der Waals surface area contributed by atoms with E-state index in [9.17, 15) is 4.39 Å². The molecule has 0 aromatic heterocycles. The first-order valence-electron chi connectivity index (χ1n) is 8.38.